The van der Waals surface area contributed by atoms with E-state index in [9.17, 15) is 13.5 Å². The molecule has 0 unspecified atom stereocenters. The van der Waals surface area contributed by atoms with Crippen LogP contribution in [0, 0.1) is 0 Å². The first kappa shape index (κ1) is 17.1. The Morgan fingerprint density at radius 2 is 1.41 bits per heavy atom. The first-order valence-corrected chi connectivity index (χ1v) is 9.55. The number of nitrogens with two attached hydrogens (primary N) is 1. The van der Waals surface area contributed by atoms with E-state index in [2.05, 4.69) is 5.43 Å². The van der Waals surface area contributed by atoms with Crippen LogP contribution < -0.4 is 15.5 Å². The summed E-state index contributed by atoms with van der Waals surface area (Å²) in [5.74, 6) is 5.29. The maximum Gasteiger partial charge on any atom is 0.343 e. The number of fused-ring (bicyclic) bond motifs is 2. The van der Waals surface area contributed by atoms with Gasteiger partial charge >= 0.3 is 10.1 Å². The molecule has 0 bridgehead atoms. The van der Waals surface area contributed by atoms with Gasteiger partial charge in [-0.15, -0.1) is 0 Å². The molecule has 27 heavy (non-hydrogen) atoms. The van der Waals surface area contributed by atoms with Gasteiger partial charge in [-0.25, -0.2) is 0 Å². The topological polar surface area (TPSA) is 102 Å². The van der Waals surface area contributed by atoms with Crippen LogP contribution in [-0.4, -0.2) is 13.5 Å². The predicted octanol–water partition coefficient (Wildman–Crippen LogP) is 3.75. The second kappa shape index (κ2) is 6.46. The Balaban J connectivity index is 1.88. The van der Waals surface area contributed by atoms with Crippen LogP contribution in [0.5, 0.6) is 11.5 Å². The fraction of sp³-hybridized carbons (Fsp3) is 0. The van der Waals surface area contributed by atoms with Gasteiger partial charge in [0.05, 0.1) is 0 Å². The molecule has 0 aliphatic rings. The van der Waals surface area contributed by atoms with E-state index in [1.165, 1.54) is 12.1 Å². The van der Waals surface area contributed by atoms with E-state index in [0.29, 0.717) is 16.5 Å². The van der Waals surface area contributed by atoms with Crippen molar-refractivity contribution in [2.75, 3.05) is 5.43 Å². The maximum atomic E-state index is 13.0. The first-order valence-electron chi connectivity index (χ1n) is 8.15. The van der Waals surface area contributed by atoms with E-state index < -0.39 is 10.1 Å². The quantitative estimate of drug-likeness (QED) is 0.283. The van der Waals surface area contributed by atoms with Crippen molar-refractivity contribution in [1.82, 2.24) is 0 Å². The molecule has 4 N–H and O–H groups in total. The lowest BCUT2D eigenvalue weighted by Gasteiger charge is -2.15. The van der Waals surface area contributed by atoms with Crippen LogP contribution >= 0.6 is 0 Å². The molecule has 4 aromatic rings. The molecular weight excluding hydrogens is 364 g/mol. The molecule has 0 fully saturated rings. The van der Waals surface area contributed by atoms with Gasteiger partial charge in [-0.05, 0) is 22.9 Å². The smallest absolute Gasteiger partial charge is 0.343 e. The Bertz CT molecular complexity index is 1270. The lowest BCUT2D eigenvalue weighted by molar-refractivity contribution is 0.447. The van der Waals surface area contributed by atoms with Gasteiger partial charge in [0.1, 0.15) is 11.4 Å². The molecule has 0 atom stereocenters. The van der Waals surface area contributed by atoms with E-state index in [1.807, 2.05) is 18.2 Å². The normalized spacial score (nSPS) is 11.6. The fourth-order valence-corrected chi connectivity index (χ4v) is 4.36. The van der Waals surface area contributed by atoms with Crippen LogP contribution in [0.2, 0.25) is 0 Å². The minimum Gasteiger partial charge on any atom is -0.506 e. The number of rotatable bonds is 4. The zero-order valence-corrected chi connectivity index (χ0v) is 14.9. The van der Waals surface area contributed by atoms with Crippen molar-refractivity contribution in [3.8, 4) is 11.5 Å². The minimum absolute atomic E-state index is 0.0449. The number of hydrogen-bond donors (Lipinski definition) is 3. The number of nitrogens with one attached hydrogen (secondary N) is 1. The highest BCUT2D eigenvalue weighted by atomic mass is 32.2. The van der Waals surface area contributed by atoms with E-state index in [4.69, 9.17) is 10.0 Å². The highest BCUT2D eigenvalue weighted by molar-refractivity contribution is 7.87. The van der Waals surface area contributed by atoms with Gasteiger partial charge in [0, 0.05) is 10.8 Å². The van der Waals surface area contributed by atoms with Gasteiger partial charge in [0.25, 0.3) is 0 Å². The second-order valence-electron chi connectivity index (χ2n) is 5.98. The molecule has 136 valence electrons. The summed E-state index contributed by atoms with van der Waals surface area (Å²) in [5.41, 5.74) is 2.86. The molecule has 0 heterocycles. The number of phenols is 1. The highest BCUT2D eigenvalue weighted by Crippen LogP contribution is 2.37. The summed E-state index contributed by atoms with van der Waals surface area (Å²) in [4.78, 5) is -0.281. The van der Waals surface area contributed by atoms with Crippen LogP contribution in [0.1, 0.15) is 0 Å². The van der Waals surface area contributed by atoms with E-state index in [1.54, 1.807) is 42.5 Å². The van der Waals surface area contributed by atoms with Crippen LogP contribution in [-0.2, 0) is 10.1 Å². The van der Waals surface area contributed by atoms with Gasteiger partial charge in [-0.3, -0.25) is 5.84 Å². The average molecular weight is 380 g/mol. The Morgan fingerprint density at radius 1 is 0.815 bits per heavy atom. The van der Waals surface area contributed by atoms with E-state index >= 15 is 0 Å². The number of hydrazine groups is 1. The van der Waals surface area contributed by atoms with Gasteiger partial charge in [-0.1, -0.05) is 60.7 Å². The molecule has 6 nitrogen and oxygen atoms in total. The minimum atomic E-state index is -4.32. The lowest BCUT2D eigenvalue weighted by Crippen LogP contribution is -2.14. The third-order valence-electron chi connectivity index (χ3n) is 4.34. The van der Waals surface area contributed by atoms with Crippen LogP contribution in [0.3, 0.4) is 0 Å². The molecule has 0 saturated carbocycles. The molecule has 0 radical (unpaired) electrons. The van der Waals surface area contributed by atoms with Crippen LogP contribution in [0.15, 0.2) is 77.7 Å². The Labute approximate surface area is 155 Å². The molecule has 0 aromatic heterocycles. The monoisotopic (exact) mass is 380 g/mol. The third kappa shape index (κ3) is 2.92. The second-order valence-corrected chi connectivity index (χ2v) is 7.46. The van der Waals surface area contributed by atoms with Crippen molar-refractivity contribution in [3.63, 3.8) is 0 Å². The van der Waals surface area contributed by atoms with Gasteiger partial charge in [-0.2, -0.15) is 8.42 Å². The largest absolute Gasteiger partial charge is 0.506 e. The fourth-order valence-electron chi connectivity index (χ4n) is 3.12. The molecule has 0 saturated heterocycles. The number of anilines is 1. The maximum absolute atomic E-state index is 13.0. The van der Waals surface area contributed by atoms with Crippen molar-refractivity contribution in [3.05, 3.63) is 72.8 Å². The van der Waals surface area contributed by atoms with Crippen molar-refractivity contribution in [1.29, 1.82) is 0 Å². The summed E-state index contributed by atoms with van der Waals surface area (Å²) in [6.07, 6.45) is 0. The van der Waals surface area contributed by atoms with Gasteiger partial charge in [0.2, 0.25) is 0 Å². The van der Waals surface area contributed by atoms with E-state index in [0.717, 1.165) is 10.8 Å². The van der Waals surface area contributed by atoms with Gasteiger partial charge in [0.15, 0.2) is 10.6 Å². The predicted molar refractivity (Wildman–Crippen MR) is 105 cm³/mol. The highest BCUT2D eigenvalue weighted by Gasteiger charge is 2.25. The molecule has 0 aliphatic carbocycles. The lowest BCUT2D eigenvalue weighted by atomic mass is 10.1. The van der Waals surface area contributed by atoms with Crippen molar-refractivity contribution >= 4 is 37.4 Å². The summed E-state index contributed by atoms with van der Waals surface area (Å²) in [6.45, 7) is 0. The Kier molecular flexibility index (Phi) is 4.10. The number of nitrogen functional groups attached to an aromatic ring is 1. The van der Waals surface area contributed by atoms with Crippen LogP contribution in [0.25, 0.3) is 21.5 Å². The Hall–Kier alpha value is -3.29. The van der Waals surface area contributed by atoms with E-state index in [-0.39, 0.29) is 16.4 Å². The molecule has 4 aromatic carbocycles. The van der Waals surface area contributed by atoms with Crippen molar-refractivity contribution in [2.45, 2.75) is 4.90 Å². The SMILES string of the molecule is NNc1c(OS(=O)(=O)c2c(O)ccc3ccccc23)ccc2ccccc12. The molecular formula is C20H16N2O4S. The first-order chi connectivity index (χ1) is 13.0. The zero-order valence-electron chi connectivity index (χ0n) is 14.1. The summed E-state index contributed by atoms with van der Waals surface area (Å²) < 4.78 is 31.4. The molecule has 4 rings (SSSR count). The summed E-state index contributed by atoms with van der Waals surface area (Å²) in [7, 11) is -4.32. The van der Waals surface area contributed by atoms with Crippen molar-refractivity contribution in [2.24, 2.45) is 5.84 Å². The molecule has 7 heteroatoms. The van der Waals surface area contributed by atoms with Gasteiger partial charge < -0.3 is 14.7 Å². The average Bonchev–Trinajstić information content (AvgIpc) is 2.67. The molecule has 0 amide bonds. The number of hydrogen-bond acceptors (Lipinski definition) is 6. The number of phenolic OH excluding ortho intramolecular Hbond substituents is 1. The Morgan fingerprint density at radius 3 is 2.11 bits per heavy atom. The summed E-state index contributed by atoms with van der Waals surface area (Å²) in [6, 6.07) is 20.5. The zero-order chi connectivity index (χ0) is 19.0. The number of aromatic hydroxyl groups is 1. The third-order valence-corrected chi connectivity index (χ3v) is 5.67. The summed E-state index contributed by atoms with van der Waals surface area (Å²) in [5, 5.41) is 12.9. The summed E-state index contributed by atoms with van der Waals surface area (Å²) >= 11 is 0. The van der Waals surface area contributed by atoms with Crippen molar-refractivity contribution < 1.29 is 17.7 Å². The standard InChI is InChI=1S/C20H16N2O4S/c21-22-19-15-7-3-1-5-13(15)10-12-18(19)26-27(24,25)20-16-8-4-2-6-14(16)9-11-17(20)23/h1-12,22-23H,21H2. The van der Waals surface area contributed by atoms with Crippen LogP contribution in [0.4, 0.5) is 5.69 Å². The molecule has 0 aliphatic heterocycles. The number of benzene rings is 4. The molecule has 0 spiro atoms.